The topological polar surface area (TPSA) is 38.3 Å². The Morgan fingerprint density at radius 2 is 1.85 bits per heavy atom. The molecule has 0 aliphatic rings. The van der Waals surface area contributed by atoms with Gasteiger partial charge in [-0.1, -0.05) is 0 Å². The van der Waals surface area contributed by atoms with Gasteiger partial charge in [0.25, 0.3) is 0 Å². The summed E-state index contributed by atoms with van der Waals surface area (Å²) < 4.78 is 5.09. The van der Waals surface area contributed by atoms with Gasteiger partial charge in [-0.15, -0.1) is 0 Å². The highest BCUT2D eigenvalue weighted by Gasteiger charge is 2.03. The van der Waals surface area contributed by atoms with E-state index in [0.717, 1.165) is 22.6 Å². The summed E-state index contributed by atoms with van der Waals surface area (Å²) in [6.45, 7) is 3.86. The number of anilines is 1. The minimum atomic E-state index is 0.682. The first-order valence-corrected chi connectivity index (χ1v) is 4.04. The lowest BCUT2D eigenvalue weighted by molar-refractivity contribution is -0.105. The molecule has 1 amide bonds. The van der Waals surface area contributed by atoms with Crippen molar-refractivity contribution in [1.29, 1.82) is 0 Å². The number of nitrogens with one attached hydrogen (secondary N) is 1. The van der Waals surface area contributed by atoms with Crippen molar-refractivity contribution >= 4 is 12.1 Å². The molecule has 0 bridgehead atoms. The molecule has 0 radical (unpaired) electrons. The van der Waals surface area contributed by atoms with Gasteiger partial charge >= 0.3 is 0 Å². The predicted molar refractivity (Wildman–Crippen MR) is 52.2 cm³/mol. The van der Waals surface area contributed by atoms with Crippen molar-refractivity contribution in [3.8, 4) is 5.75 Å². The van der Waals surface area contributed by atoms with Crippen molar-refractivity contribution < 1.29 is 9.53 Å². The number of benzene rings is 1. The van der Waals surface area contributed by atoms with Crippen LogP contribution in [0.2, 0.25) is 0 Å². The summed E-state index contributed by atoms with van der Waals surface area (Å²) in [5.41, 5.74) is 2.86. The van der Waals surface area contributed by atoms with Crippen LogP contribution < -0.4 is 10.1 Å². The van der Waals surface area contributed by atoms with Crippen LogP contribution >= 0.6 is 0 Å². The number of aryl methyl sites for hydroxylation is 2. The molecule has 0 spiro atoms. The van der Waals surface area contributed by atoms with Crippen LogP contribution in [0, 0.1) is 13.8 Å². The lowest BCUT2D eigenvalue weighted by Crippen LogP contribution is -1.99. The lowest BCUT2D eigenvalue weighted by atomic mass is 10.1. The third-order valence-corrected chi connectivity index (χ3v) is 1.95. The fraction of sp³-hybridized carbons (Fsp3) is 0.300. The molecule has 0 aromatic heterocycles. The van der Waals surface area contributed by atoms with Crippen LogP contribution in [0.15, 0.2) is 12.1 Å². The zero-order valence-corrected chi connectivity index (χ0v) is 8.05. The molecule has 0 saturated carbocycles. The molecule has 0 atom stereocenters. The number of rotatable bonds is 3. The second-order valence-corrected chi connectivity index (χ2v) is 2.90. The summed E-state index contributed by atoms with van der Waals surface area (Å²) >= 11 is 0. The standard InChI is InChI=1S/C10H13NO2/c1-7-4-9(13-3)5-8(2)10(7)11-6-12/h4-6H,1-3H3,(H,11,12). The maximum atomic E-state index is 10.3. The van der Waals surface area contributed by atoms with Gasteiger partial charge < -0.3 is 10.1 Å². The SMILES string of the molecule is COc1cc(C)c(NC=O)c(C)c1. The van der Waals surface area contributed by atoms with E-state index in [1.165, 1.54) is 0 Å². The second-order valence-electron chi connectivity index (χ2n) is 2.90. The third-order valence-electron chi connectivity index (χ3n) is 1.95. The Morgan fingerprint density at radius 1 is 1.31 bits per heavy atom. The largest absolute Gasteiger partial charge is 0.497 e. The molecule has 1 N–H and O–H groups in total. The molecular formula is C10H13NO2. The maximum absolute atomic E-state index is 10.3. The van der Waals surface area contributed by atoms with Crippen molar-refractivity contribution in [3.63, 3.8) is 0 Å². The molecule has 1 aromatic rings. The number of carbonyl (C=O) groups excluding carboxylic acids is 1. The van der Waals surface area contributed by atoms with Crippen LogP contribution in [-0.4, -0.2) is 13.5 Å². The van der Waals surface area contributed by atoms with Crippen LogP contribution in [0.1, 0.15) is 11.1 Å². The van der Waals surface area contributed by atoms with Crippen LogP contribution in [-0.2, 0) is 4.79 Å². The van der Waals surface area contributed by atoms with Crippen molar-refractivity contribution in [1.82, 2.24) is 0 Å². The normalized spacial score (nSPS) is 9.46. The first-order valence-electron chi connectivity index (χ1n) is 4.04. The smallest absolute Gasteiger partial charge is 0.211 e. The number of ether oxygens (including phenoxy) is 1. The van der Waals surface area contributed by atoms with Gasteiger partial charge in [0.2, 0.25) is 6.41 Å². The molecule has 1 aromatic carbocycles. The number of hydrogen-bond donors (Lipinski definition) is 1. The predicted octanol–water partition coefficient (Wildman–Crippen LogP) is 1.88. The van der Waals surface area contributed by atoms with E-state index in [0.29, 0.717) is 6.41 Å². The molecule has 70 valence electrons. The average molecular weight is 179 g/mol. The van der Waals surface area contributed by atoms with Crippen molar-refractivity contribution in [2.24, 2.45) is 0 Å². The minimum Gasteiger partial charge on any atom is -0.497 e. The second kappa shape index (κ2) is 3.94. The summed E-state index contributed by atoms with van der Waals surface area (Å²) in [5.74, 6) is 0.812. The maximum Gasteiger partial charge on any atom is 0.211 e. The molecular weight excluding hydrogens is 166 g/mol. The molecule has 0 aliphatic heterocycles. The Bertz CT molecular complexity index is 298. The highest BCUT2D eigenvalue weighted by molar-refractivity contribution is 5.76. The quantitative estimate of drug-likeness (QED) is 0.719. The molecule has 3 nitrogen and oxygen atoms in total. The molecule has 0 fully saturated rings. The Hall–Kier alpha value is -1.51. The van der Waals surface area contributed by atoms with E-state index in [-0.39, 0.29) is 0 Å². The number of carbonyl (C=O) groups is 1. The molecule has 0 unspecified atom stereocenters. The van der Waals surface area contributed by atoms with E-state index in [1.807, 2.05) is 26.0 Å². The Labute approximate surface area is 77.7 Å². The van der Waals surface area contributed by atoms with Gasteiger partial charge in [-0.3, -0.25) is 4.79 Å². The van der Waals surface area contributed by atoms with Crippen LogP contribution in [0.3, 0.4) is 0 Å². The van der Waals surface area contributed by atoms with E-state index in [2.05, 4.69) is 5.32 Å². The Balaban J connectivity index is 3.14. The molecule has 13 heavy (non-hydrogen) atoms. The summed E-state index contributed by atoms with van der Waals surface area (Å²) in [6, 6.07) is 3.78. The van der Waals surface area contributed by atoms with E-state index in [1.54, 1.807) is 7.11 Å². The Morgan fingerprint density at radius 3 is 2.23 bits per heavy atom. The van der Waals surface area contributed by atoms with Crippen LogP contribution in [0.5, 0.6) is 5.75 Å². The van der Waals surface area contributed by atoms with Gasteiger partial charge in [0.1, 0.15) is 5.75 Å². The monoisotopic (exact) mass is 179 g/mol. The highest BCUT2D eigenvalue weighted by atomic mass is 16.5. The van der Waals surface area contributed by atoms with Gasteiger partial charge in [-0.25, -0.2) is 0 Å². The van der Waals surface area contributed by atoms with Crippen molar-refractivity contribution in [2.45, 2.75) is 13.8 Å². The first-order chi connectivity index (χ1) is 6.19. The molecule has 0 saturated heterocycles. The van der Waals surface area contributed by atoms with Crippen molar-refractivity contribution in [3.05, 3.63) is 23.3 Å². The summed E-state index contributed by atoms with van der Waals surface area (Å²) in [6.07, 6.45) is 0.682. The zero-order chi connectivity index (χ0) is 9.84. The minimum absolute atomic E-state index is 0.682. The molecule has 0 heterocycles. The first kappa shape index (κ1) is 9.58. The van der Waals surface area contributed by atoms with Crippen LogP contribution in [0.25, 0.3) is 0 Å². The third kappa shape index (κ3) is 1.99. The average Bonchev–Trinajstić information content (AvgIpc) is 2.11. The summed E-state index contributed by atoms with van der Waals surface area (Å²) in [4.78, 5) is 10.3. The van der Waals surface area contributed by atoms with Crippen molar-refractivity contribution in [2.75, 3.05) is 12.4 Å². The fourth-order valence-corrected chi connectivity index (χ4v) is 1.33. The number of hydrogen-bond acceptors (Lipinski definition) is 2. The van der Waals surface area contributed by atoms with Gasteiger partial charge in [-0.05, 0) is 37.1 Å². The zero-order valence-electron chi connectivity index (χ0n) is 8.05. The fourth-order valence-electron chi connectivity index (χ4n) is 1.33. The summed E-state index contributed by atoms with van der Waals surface area (Å²) in [7, 11) is 1.63. The molecule has 3 heteroatoms. The van der Waals surface area contributed by atoms with E-state index in [9.17, 15) is 4.79 Å². The van der Waals surface area contributed by atoms with E-state index >= 15 is 0 Å². The summed E-state index contributed by atoms with van der Waals surface area (Å²) in [5, 5.41) is 2.66. The Kier molecular flexibility index (Phi) is 2.90. The van der Waals surface area contributed by atoms with E-state index < -0.39 is 0 Å². The molecule has 1 rings (SSSR count). The molecule has 0 aliphatic carbocycles. The van der Waals surface area contributed by atoms with Gasteiger partial charge in [-0.2, -0.15) is 0 Å². The van der Waals surface area contributed by atoms with Gasteiger partial charge in [0.05, 0.1) is 7.11 Å². The van der Waals surface area contributed by atoms with E-state index in [4.69, 9.17) is 4.74 Å². The lowest BCUT2D eigenvalue weighted by Gasteiger charge is -2.10. The van der Waals surface area contributed by atoms with Gasteiger partial charge in [0, 0.05) is 5.69 Å². The highest BCUT2D eigenvalue weighted by Crippen LogP contribution is 2.25. The van der Waals surface area contributed by atoms with Crippen LogP contribution in [0.4, 0.5) is 5.69 Å². The van der Waals surface area contributed by atoms with Gasteiger partial charge in [0.15, 0.2) is 0 Å². The number of amides is 1. The number of methoxy groups -OCH3 is 1.